The largest absolute Gasteiger partial charge is 0.266 e. The van der Waals surface area contributed by atoms with Crippen LogP contribution in [0, 0.1) is 0 Å². The van der Waals surface area contributed by atoms with Crippen LogP contribution in [0.15, 0.2) is 70.6 Å². The van der Waals surface area contributed by atoms with Crippen molar-refractivity contribution in [1.29, 1.82) is 0 Å². The first-order valence-corrected chi connectivity index (χ1v) is 7.00. The van der Waals surface area contributed by atoms with Crippen LogP contribution in [0.1, 0.15) is 37.4 Å². The summed E-state index contributed by atoms with van der Waals surface area (Å²) < 4.78 is 0. The highest BCUT2D eigenvalue weighted by Crippen LogP contribution is 2.15. The molecule has 0 aliphatic carbocycles. The van der Waals surface area contributed by atoms with Crippen LogP contribution < -0.4 is 0 Å². The van der Waals surface area contributed by atoms with Crippen LogP contribution in [0.2, 0.25) is 0 Å². The van der Waals surface area contributed by atoms with Crippen molar-refractivity contribution in [3.05, 3.63) is 71.8 Å². The standard InChI is InChI=1S/C18H20N2/c1-3-18(17-12-8-5-9-13-17)20-14-19-15(2)16-10-6-4-7-11-16/h4-15H,3H2,1-2H3. The molecule has 2 aromatic rings. The van der Waals surface area contributed by atoms with Gasteiger partial charge in [-0.1, -0.05) is 67.6 Å². The van der Waals surface area contributed by atoms with Crippen molar-refractivity contribution in [2.75, 3.05) is 0 Å². The highest BCUT2D eigenvalue weighted by molar-refractivity contribution is 6.03. The molecule has 0 amide bonds. The first-order chi connectivity index (χ1) is 9.81. The third-order valence-corrected chi connectivity index (χ3v) is 3.23. The Hall–Kier alpha value is -2.22. The van der Waals surface area contributed by atoms with E-state index in [2.05, 4.69) is 48.1 Å². The van der Waals surface area contributed by atoms with Gasteiger partial charge in [0.05, 0.1) is 6.04 Å². The van der Waals surface area contributed by atoms with Gasteiger partial charge < -0.3 is 0 Å². The van der Waals surface area contributed by atoms with E-state index in [9.17, 15) is 0 Å². The van der Waals surface area contributed by atoms with Crippen molar-refractivity contribution < 1.29 is 0 Å². The Bertz CT molecular complexity index is 571. The van der Waals surface area contributed by atoms with Crippen molar-refractivity contribution in [1.82, 2.24) is 0 Å². The Kier molecular flexibility index (Phi) is 5.24. The van der Waals surface area contributed by atoms with E-state index >= 15 is 0 Å². The van der Waals surface area contributed by atoms with Gasteiger partial charge in [-0.05, 0) is 24.5 Å². The van der Waals surface area contributed by atoms with E-state index in [0.29, 0.717) is 0 Å². The summed E-state index contributed by atoms with van der Waals surface area (Å²) in [4.78, 5) is 9.00. The lowest BCUT2D eigenvalue weighted by atomic mass is 10.1. The Morgan fingerprint density at radius 1 is 1.00 bits per heavy atom. The Morgan fingerprint density at radius 2 is 1.60 bits per heavy atom. The SMILES string of the molecule is CCC(=NC=NC(C)c1ccccc1)c1ccccc1. The fourth-order valence-electron chi connectivity index (χ4n) is 2.02. The molecule has 0 aliphatic rings. The predicted molar refractivity (Wildman–Crippen MR) is 86.6 cm³/mol. The second kappa shape index (κ2) is 7.39. The molecule has 0 N–H and O–H groups in total. The first-order valence-electron chi connectivity index (χ1n) is 7.00. The van der Waals surface area contributed by atoms with Gasteiger partial charge >= 0.3 is 0 Å². The van der Waals surface area contributed by atoms with Gasteiger partial charge in [-0.3, -0.25) is 4.99 Å². The summed E-state index contributed by atoms with van der Waals surface area (Å²) in [5.74, 6) is 0. The predicted octanol–water partition coefficient (Wildman–Crippen LogP) is 4.68. The van der Waals surface area contributed by atoms with Crippen LogP contribution in [0.25, 0.3) is 0 Å². The maximum absolute atomic E-state index is 4.50. The lowest BCUT2D eigenvalue weighted by molar-refractivity contribution is 0.823. The van der Waals surface area contributed by atoms with E-state index in [1.807, 2.05) is 36.4 Å². The van der Waals surface area contributed by atoms with Crippen LogP contribution in [0.4, 0.5) is 0 Å². The summed E-state index contributed by atoms with van der Waals surface area (Å²) in [7, 11) is 0. The van der Waals surface area contributed by atoms with E-state index in [0.717, 1.165) is 17.7 Å². The zero-order chi connectivity index (χ0) is 14.2. The molecule has 1 unspecified atom stereocenters. The third kappa shape index (κ3) is 3.89. The highest BCUT2D eigenvalue weighted by Gasteiger charge is 2.01. The summed E-state index contributed by atoms with van der Waals surface area (Å²) in [6.45, 7) is 4.19. The summed E-state index contributed by atoms with van der Waals surface area (Å²) in [5, 5.41) is 0. The second-order valence-electron chi connectivity index (χ2n) is 4.65. The Balaban J connectivity index is 2.09. The molecule has 2 aromatic carbocycles. The summed E-state index contributed by atoms with van der Waals surface area (Å²) in [5.41, 5.74) is 3.43. The van der Waals surface area contributed by atoms with Gasteiger partial charge in [-0.2, -0.15) is 0 Å². The van der Waals surface area contributed by atoms with Crippen LogP contribution in [0.3, 0.4) is 0 Å². The fourth-order valence-corrected chi connectivity index (χ4v) is 2.02. The van der Waals surface area contributed by atoms with Gasteiger partial charge in [0.25, 0.3) is 0 Å². The minimum Gasteiger partial charge on any atom is -0.266 e. The number of hydrogen-bond acceptors (Lipinski definition) is 1. The van der Waals surface area contributed by atoms with Crippen LogP contribution in [-0.4, -0.2) is 12.1 Å². The van der Waals surface area contributed by atoms with E-state index in [1.54, 1.807) is 6.34 Å². The monoisotopic (exact) mass is 264 g/mol. The van der Waals surface area contributed by atoms with Crippen LogP contribution in [-0.2, 0) is 0 Å². The Morgan fingerprint density at radius 3 is 2.20 bits per heavy atom. The van der Waals surface area contributed by atoms with E-state index < -0.39 is 0 Å². The lowest BCUT2D eigenvalue weighted by Gasteiger charge is -2.05. The molecule has 0 aliphatic heterocycles. The molecule has 0 saturated carbocycles. The minimum absolute atomic E-state index is 0.133. The van der Waals surface area contributed by atoms with Gasteiger partial charge in [0.15, 0.2) is 0 Å². The summed E-state index contributed by atoms with van der Waals surface area (Å²) in [6, 6.07) is 20.6. The lowest BCUT2D eigenvalue weighted by Crippen LogP contribution is -1.99. The number of rotatable bonds is 5. The van der Waals surface area contributed by atoms with Gasteiger partial charge in [0.1, 0.15) is 6.34 Å². The quantitative estimate of drug-likeness (QED) is 0.553. The molecular formula is C18H20N2. The fraction of sp³-hybridized carbons (Fsp3) is 0.222. The smallest absolute Gasteiger partial charge is 0.110 e. The average Bonchev–Trinajstić information content (AvgIpc) is 2.53. The van der Waals surface area contributed by atoms with Gasteiger partial charge in [-0.15, -0.1) is 0 Å². The molecule has 0 spiro atoms. The molecule has 0 radical (unpaired) electrons. The summed E-state index contributed by atoms with van der Waals surface area (Å²) >= 11 is 0. The number of aliphatic imine (C=N–C) groups is 2. The molecule has 20 heavy (non-hydrogen) atoms. The number of benzene rings is 2. The molecule has 0 fully saturated rings. The molecule has 0 saturated heterocycles. The van der Waals surface area contributed by atoms with Gasteiger partial charge in [-0.25, -0.2) is 4.99 Å². The second-order valence-corrected chi connectivity index (χ2v) is 4.65. The van der Waals surface area contributed by atoms with E-state index in [1.165, 1.54) is 5.56 Å². The third-order valence-electron chi connectivity index (χ3n) is 3.23. The summed E-state index contributed by atoms with van der Waals surface area (Å²) in [6.07, 6.45) is 2.58. The maximum Gasteiger partial charge on any atom is 0.110 e. The van der Waals surface area contributed by atoms with E-state index in [4.69, 9.17) is 0 Å². The van der Waals surface area contributed by atoms with Crippen LogP contribution >= 0.6 is 0 Å². The molecular weight excluding hydrogens is 244 g/mol. The molecule has 102 valence electrons. The number of nitrogens with zero attached hydrogens (tertiary/aromatic N) is 2. The zero-order valence-corrected chi connectivity index (χ0v) is 12.0. The minimum atomic E-state index is 0.133. The van der Waals surface area contributed by atoms with Gasteiger partial charge in [0, 0.05) is 5.71 Å². The van der Waals surface area contributed by atoms with Crippen molar-refractivity contribution in [3.63, 3.8) is 0 Å². The highest BCUT2D eigenvalue weighted by atomic mass is 14.9. The van der Waals surface area contributed by atoms with Crippen molar-refractivity contribution in [3.8, 4) is 0 Å². The molecule has 2 heteroatoms. The molecule has 1 atom stereocenters. The molecule has 0 heterocycles. The first kappa shape index (κ1) is 14.2. The molecule has 0 bridgehead atoms. The van der Waals surface area contributed by atoms with Crippen molar-refractivity contribution in [2.45, 2.75) is 26.3 Å². The average molecular weight is 264 g/mol. The Labute approximate surface area is 120 Å². The normalized spacial score (nSPS) is 13.6. The van der Waals surface area contributed by atoms with Gasteiger partial charge in [0.2, 0.25) is 0 Å². The van der Waals surface area contributed by atoms with Crippen molar-refractivity contribution >= 4 is 12.1 Å². The maximum atomic E-state index is 4.50. The topological polar surface area (TPSA) is 24.7 Å². The molecule has 2 rings (SSSR count). The van der Waals surface area contributed by atoms with Crippen LogP contribution in [0.5, 0.6) is 0 Å². The zero-order valence-electron chi connectivity index (χ0n) is 12.0. The number of hydrogen-bond donors (Lipinski definition) is 0. The molecule has 0 aromatic heterocycles. The molecule has 2 nitrogen and oxygen atoms in total. The van der Waals surface area contributed by atoms with Crippen molar-refractivity contribution in [2.24, 2.45) is 9.98 Å². The van der Waals surface area contributed by atoms with E-state index in [-0.39, 0.29) is 6.04 Å².